The Hall–Kier alpha value is -1.36. The second kappa shape index (κ2) is 13.8. The molecule has 5 heteroatoms. The van der Waals surface area contributed by atoms with Crippen LogP contribution in [-0.4, -0.2) is 35.5 Å². The first kappa shape index (κ1) is 32.8. The predicted molar refractivity (Wildman–Crippen MR) is 161 cm³/mol. The molecule has 0 saturated heterocycles. The van der Waals surface area contributed by atoms with Crippen LogP contribution >= 0.6 is 0 Å². The Balaban J connectivity index is 0.000000313. The van der Waals surface area contributed by atoms with Crippen LogP contribution in [0.5, 0.6) is 0 Å². The fourth-order valence-electron chi connectivity index (χ4n) is 5.59. The molecule has 1 radical (unpaired) electrons. The zero-order valence-electron chi connectivity index (χ0n) is 24.9. The number of fused-ring (bicyclic) bond motifs is 4. The molecule has 0 bridgehead atoms. The molecule has 2 atom stereocenters. The van der Waals surface area contributed by atoms with Crippen molar-refractivity contribution in [1.29, 1.82) is 0 Å². The zero-order valence-corrected chi connectivity index (χ0v) is 28.3. The van der Waals surface area contributed by atoms with Crippen LogP contribution in [0.3, 0.4) is 0 Å². The van der Waals surface area contributed by atoms with E-state index in [1.807, 2.05) is 0 Å². The molecule has 2 unspecified atom stereocenters. The number of hydrogen-bond acceptors (Lipinski definition) is 3. The van der Waals surface area contributed by atoms with Gasteiger partial charge in [-0.05, 0) is 54.7 Å². The van der Waals surface area contributed by atoms with Crippen molar-refractivity contribution in [3.05, 3.63) is 58.7 Å². The summed E-state index contributed by atoms with van der Waals surface area (Å²) in [4.78, 5) is 5.10. The summed E-state index contributed by atoms with van der Waals surface area (Å²) >= 11 is 0. The molecule has 0 aliphatic heterocycles. The predicted octanol–water partition coefficient (Wildman–Crippen LogP) is 7.15. The van der Waals surface area contributed by atoms with E-state index in [4.69, 9.17) is 4.98 Å². The number of pyridine rings is 1. The van der Waals surface area contributed by atoms with Gasteiger partial charge in [0, 0.05) is 20.1 Å². The van der Waals surface area contributed by atoms with Gasteiger partial charge in [-0.3, -0.25) is 4.98 Å². The van der Waals surface area contributed by atoms with Gasteiger partial charge in [-0.15, -0.1) is 34.4 Å². The van der Waals surface area contributed by atoms with E-state index in [0.29, 0.717) is 18.3 Å². The van der Waals surface area contributed by atoms with Gasteiger partial charge >= 0.3 is 0 Å². The average molecular weight is 711 g/mol. The molecule has 0 spiro atoms. The Labute approximate surface area is 245 Å². The second-order valence-electron chi connectivity index (χ2n) is 12.9. The molecule has 2 N–H and O–H groups in total. The van der Waals surface area contributed by atoms with Crippen LogP contribution < -0.4 is 5.19 Å². The van der Waals surface area contributed by atoms with Gasteiger partial charge in [-0.1, -0.05) is 96.6 Å². The number of benzene rings is 2. The molecule has 2 aromatic carbocycles. The maximum atomic E-state index is 9.54. The van der Waals surface area contributed by atoms with Crippen LogP contribution in [0, 0.1) is 31.7 Å². The van der Waals surface area contributed by atoms with Crippen molar-refractivity contribution in [2.24, 2.45) is 11.8 Å². The summed E-state index contributed by atoms with van der Waals surface area (Å²) < 4.78 is 0. The standard InChI is InChI=1S/C22H24NSi.C11H24O2.Ir/c1-14-11-15(2)17-10-9-16-13-19-20(23-22(16)18(17)12-14)7-6-8-21(19)24(3,4)5;1-8(2)5-10(12)7-11(13)6-9(3)4;/h6-8,11,13H,9-10H2,1-5H3;8-13H,5-7H2,1-4H3;/q-1;;. The van der Waals surface area contributed by atoms with E-state index in [-0.39, 0.29) is 32.3 Å². The van der Waals surface area contributed by atoms with Gasteiger partial charge in [0.25, 0.3) is 0 Å². The molecule has 1 aromatic heterocycles. The molecular formula is C33H48IrNO2Si-. The fourth-order valence-corrected chi connectivity index (χ4v) is 7.20. The summed E-state index contributed by atoms with van der Waals surface area (Å²) in [5.41, 5.74) is 8.93. The monoisotopic (exact) mass is 711 g/mol. The van der Waals surface area contributed by atoms with Gasteiger partial charge < -0.3 is 10.2 Å². The summed E-state index contributed by atoms with van der Waals surface area (Å²) in [6.07, 6.45) is 3.61. The number of nitrogens with zero attached hydrogens (tertiary/aromatic N) is 1. The van der Waals surface area contributed by atoms with E-state index >= 15 is 0 Å². The van der Waals surface area contributed by atoms with Gasteiger partial charge in [0.1, 0.15) is 0 Å². The zero-order chi connectivity index (χ0) is 27.5. The summed E-state index contributed by atoms with van der Waals surface area (Å²) in [6, 6.07) is 14.9. The van der Waals surface area contributed by atoms with Crippen molar-refractivity contribution < 1.29 is 30.3 Å². The molecule has 1 aliphatic carbocycles. The molecular weight excluding hydrogens is 663 g/mol. The summed E-state index contributed by atoms with van der Waals surface area (Å²) in [5.74, 6) is 1.00. The quantitative estimate of drug-likeness (QED) is 0.202. The molecule has 1 aliphatic rings. The number of aromatic nitrogens is 1. The minimum atomic E-state index is -1.38. The van der Waals surface area contributed by atoms with Crippen LogP contribution in [0.1, 0.15) is 69.2 Å². The van der Waals surface area contributed by atoms with Gasteiger partial charge in [0.05, 0.1) is 25.8 Å². The maximum Gasteiger partial charge on any atom is 0.0784 e. The second-order valence-corrected chi connectivity index (χ2v) is 17.9. The van der Waals surface area contributed by atoms with Crippen molar-refractivity contribution in [3.63, 3.8) is 0 Å². The Bertz CT molecular complexity index is 1200. The van der Waals surface area contributed by atoms with E-state index in [9.17, 15) is 10.2 Å². The van der Waals surface area contributed by atoms with E-state index in [1.165, 1.54) is 38.4 Å². The number of hydrogen-bond donors (Lipinski definition) is 2. The topological polar surface area (TPSA) is 53.4 Å². The van der Waals surface area contributed by atoms with E-state index in [1.54, 1.807) is 0 Å². The smallest absolute Gasteiger partial charge is 0.0784 e. The van der Waals surface area contributed by atoms with Crippen LogP contribution in [0.15, 0.2) is 30.3 Å². The molecule has 0 amide bonds. The first-order valence-corrected chi connectivity index (χ1v) is 17.6. The van der Waals surface area contributed by atoms with Crippen molar-refractivity contribution in [2.75, 3.05) is 0 Å². The average Bonchev–Trinajstić information content (AvgIpc) is 2.75. The Morgan fingerprint density at radius 2 is 1.50 bits per heavy atom. The van der Waals surface area contributed by atoms with Crippen LogP contribution in [-0.2, 0) is 32.9 Å². The largest absolute Gasteiger partial charge is 0.393 e. The summed E-state index contributed by atoms with van der Waals surface area (Å²) in [7, 11) is -1.38. The molecule has 1 heterocycles. The first-order valence-electron chi connectivity index (χ1n) is 14.1. The Morgan fingerprint density at radius 1 is 0.895 bits per heavy atom. The van der Waals surface area contributed by atoms with Gasteiger partial charge in [0.2, 0.25) is 0 Å². The number of aryl methyl sites for hydroxylation is 3. The fraction of sp³-hybridized carbons (Fsp3) is 0.545. The minimum Gasteiger partial charge on any atom is -0.393 e. The molecule has 211 valence electrons. The van der Waals surface area contributed by atoms with E-state index in [2.05, 4.69) is 97.6 Å². The molecule has 3 aromatic rings. The number of aliphatic hydroxyl groups excluding tert-OH is 2. The van der Waals surface area contributed by atoms with Gasteiger partial charge in [-0.25, -0.2) is 0 Å². The van der Waals surface area contributed by atoms with Gasteiger partial charge in [0.15, 0.2) is 0 Å². The third kappa shape index (κ3) is 8.57. The number of aliphatic hydroxyl groups is 2. The van der Waals surface area contributed by atoms with Gasteiger partial charge in [-0.2, -0.15) is 0 Å². The van der Waals surface area contributed by atoms with E-state index < -0.39 is 8.07 Å². The normalized spacial score (nSPS) is 14.3. The molecule has 0 saturated carbocycles. The summed E-state index contributed by atoms with van der Waals surface area (Å²) in [5, 5.41) is 22.0. The van der Waals surface area contributed by atoms with Crippen molar-refractivity contribution in [3.8, 4) is 11.3 Å². The van der Waals surface area contributed by atoms with Crippen LogP contribution in [0.25, 0.3) is 22.2 Å². The van der Waals surface area contributed by atoms with E-state index in [0.717, 1.165) is 36.9 Å². The maximum absolute atomic E-state index is 9.54. The van der Waals surface area contributed by atoms with Crippen LogP contribution in [0.4, 0.5) is 0 Å². The minimum absolute atomic E-state index is 0. The van der Waals surface area contributed by atoms with Crippen molar-refractivity contribution >= 4 is 24.2 Å². The Kier molecular flexibility index (Phi) is 11.9. The Morgan fingerprint density at radius 3 is 2.05 bits per heavy atom. The third-order valence-corrected chi connectivity index (χ3v) is 9.24. The molecule has 38 heavy (non-hydrogen) atoms. The van der Waals surface area contributed by atoms with Crippen molar-refractivity contribution in [2.45, 2.75) is 105 Å². The molecule has 4 rings (SSSR count). The molecule has 3 nitrogen and oxygen atoms in total. The number of rotatable bonds is 7. The first-order chi connectivity index (χ1) is 17.3. The van der Waals surface area contributed by atoms with Crippen molar-refractivity contribution in [1.82, 2.24) is 4.98 Å². The third-order valence-electron chi connectivity index (χ3n) is 7.19. The molecule has 0 fully saturated rings. The SMILES string of the molecule is CC(C)CC(O)CC(O)CC(C)C.Cc1[c-]c2c(c(C)c1)CCc1cc3c([Si](C)(C)C)cccc3nc1-2.[Ir]. The van der Waals surface area contributed by atoms with Crippen LogP contribution in [0.2, 0.25) is 19.6 Å². The summed E-state index contributed by atoms with van der Waals surface area (Å²) in [6.45, 7) is 19.9.